The van der Waals surface area contributed by atoms with E-state index in [0.29, 0.717) is 12.3 Å². The third kappa shape index (κ3) is 2.47. The van der Waals surface area contributed by atoms with Crippen molar-refractivity contribution in [2.24, 2.45) is 0 Å². The van der Waals surface area contributed by atoms with Gasteiger partial charge in [0.25, 0.3) is 0 Å². The summed E-state index contributed by atoms with van der Waals surface area (Å²) in [5.41, 5.74) is 3.72. The van der Waals surface area contributed by atoms with Crippen molar-refractivity contribution in [1.82, 2.24) is 4.98 Å². The van der Waals surface area contributed by atoms with E-state index in [2.05, 4.69) is 37.0 Å². The van der Waals surface area contributed by atoms with Gasteiger partial charge < -0.3 is 9.78 Å². The smallest absolute Gasteiger partial charge is 0.130 e. The quantitative estimate of drug-likeness (QED) is 0.832. The summed E-state index contributed by atoms with van der Waals surface area (Å²) in [6.45, 7) is 5.97. The van der Waals surface area contributed by atoms with E-state index in [9.17, 15) is 4.79 Å². The molecule has 0 aliphatic rings. The first kappa shape index (κ1) is 12.9. The molecule has 1 heterocycles. The van der Waals surface area contributed by atoms with Crippen LogP contribution in [0.2, 0.25) is 0 Å². The van der Waals surface area contributed by atoms with Crippen molar-refractivity contribution in [3.63, 3.8) is 0 Å². The summed E-state index contributed by atoms with van der Waals surface area (Å²) in [7, 11) is 0. The Balaban J connectivity index is 2.48. The second-order valence-electron chi connectivity index (χ2n) is 5.10. The van der Waals surface area contributed by atoms with Gasteiger partial charge in [-0.3, -0.25) is 0 Å². The number of fused-ring (bicyclic) bond motifs is 1. The van der Waals surface area contributed by atoms with Crippen LogP contribution in [0.4, 0.5) is 0 Å². The Labute approximate surface area is 108 Å². The molecule has 0 saturated carbocycles. The molecule has 2 rings (SSSR count). The molecular formula is C16H21NO. The van der Waals surface area contributed by atoms with E-state index in [1.54, 1.807) is 6.92 Å². The number of carbonyl (C=O) groups is 1. The number of nitrogens with one attached hydrogen (secondary N) is 1. The third-order valence-electron chi connectivity index (χ3n) is 3.52. The number of rotatable bonds is 5. The predicted octanol–water partition coefficient (Wildman–Crippen LogP) is 4.34. The van der Waals surface area contributed by atoms with Gasteiger partial charge in [-0.1, -0.05) is 31.5 Å². The third-order valence-corrected chi connectivity index (χ3v) is 3.52. The van der Waals surface area contributed by atoms with Crippen molar-refractivity contribution in [1.29, 1.82) is 0 Å². The normalized spacial score (nSPS) is 12.8. The SMILES string of the molecule is CCC[C@H](CC(C)=O)c1c(C)[nH]c2ccccc12. The molecule has 1 aromatic carbocycles. The number of aromatic amines is 1. The minimum atomic E-state index is 0.276. The first-order chi connectivity index (χ1) is 8.63. The second-order valence-corrected chi connectivity index (χ2v) is 5.10. The van der Waals surface area contributed by atoms with E-state index in [4.69, 9.17) is 0 Å². The summed E-state index contributed by atoms with van der Waals surface area (Å²) >= 11 is 0. The number of Topliss-reactive ketones (excluding diaryl/α,β-unsaturated/α-hetero) is 1. The highest BCUT2D eigenvalue weighted by Gasteiger charge is 2.19. The fraction of sp³-hybridized carbons (Fsp3) is 0.438. The summed E-state index contributed by atoms with van der Waals surface area (Å²) in [6.07, 6.45) is 2.83. The Hall–Kier alpha value is -1.57. The van der Waals surface area contributed by atoms with Crippen molar-refractivity contribution in [2.75, 3.05) is 0 Å². The van der Waals surface area contributed by atoms with Gasteiger partial charge in [-0.05, 0) is 37.8 Å². The van der Waals surface area contributed by atoms with Crippen LogP contribution in [0.5, 0.6) is 0 Å². The van der Waals surface area contributed by atoms with Crippen molar-refractivity contribution < 1.29 is 4.79 Å². The first-order valence-corrected chi connectivity index (χ1v) is 6.70. The molecule has 2 aromatic rings. The number of benzene rings is 1. The standard InChI is InChI=1S/C16H21NO/c1-4-7-13(10-11(2)18)16-12(3)17-15-9-6-5-8-14(15)16/h5-6,8-9,13,17H,4,7,10H2,1-3H3/t13-/m1/s1. The van der Waals surface area contributed by atoms with E-state index in [1.807, 2.05) is 6.07 Å². The molecule has 1 N–H and O–H groups in total. The Morgan fingerprint density at radius 2 is 2.06 bits per heavy atom. The lowest BCUT2D eigenvalue weighted by Crippen LogP contribution is -2.05. The van der Waals surface area contributed by atoms with Crippen LogP contribution in [0.1, 0.15) is 50.3 Å². The van der Waals surface area contributed by atoms with E-state index in [1.165, 1.54) is 22.2 Å². The lowest BCUT2D eigenvalue weighted by Gasteiger charge is -2.15. The average Bonchev–Trinajstić information content (AvgIpc) is 2.63. The number of hydrogen-bond donors (Lipinski definition) is 1. The summed E-state index contributed by atoms with van der Waals surface area (Å²) < 4.78 is 0. The molecule has 0 fully saturated rings. The van der Waals surface area contributed by atoms with Crippen LogP contribution in [0.3, 0.4) is 0 Å². The average molecular weight is 243 g/mol. The highest BCUT2D eigenvalue weighted by atomic mass is 16.1. The molecule has 0 radical (unpaired) electrons. The number of para-hydroxylation sites is 1. The van der Waals surface area contributed by atoms with E-state index in [-0.39, 0.29) is 5.78 Å². The number of aryl methyl sites for hydroxylation is 1. The summed E-state index contributed by atoms with van der Waals surface area (Å²) in [4.78, 5) is 14.9. The minimum absolute atomic E-state index is 0.276. The molecule has 0 aliphatic heterocycles. The highest BCUT2D eigenvalue weighted by molar-refractivity contribution is 5.86. The van der Waals surface area contributed by atoms with Crippen molar-refractivity contribution >= 4 is 16.7 Å². The number of hydrogen-bond acceptors (Lipinski definition) is 1. The maximum Gasteiger partial charge on any atom is 0.130 e. The van der Waals surface area contributed by atoms with Crippen LogP contribution < -0.4 is 0 Å². The van der Waals surface area contributed by atoms with Gasteiger partial charge in [0.1, 0.15) is 5.78 Å². The Kier molecular flexibility index (Phi) is 3.85. The Morgan fingerprint density at radius 3 is 2.72 bits per heavy atom. The van der Waals surface area contributed by atoms with E-state index < -0.39 is 0 Å². The molecule has 2 heteroatoms. The van der Waals surface area contributed by atoms with Crippen molar-refractivity contribution in [3.05, 3.63) is 35.5 Å². The van der Waals surface area contributed by atoms with Crippen LogP contribution in [0, 0.1) is 6.92 Å². The molecule has 1 atom stereocenters. The first-order valence-electron chi connectivity index (χ1n) is 6.70. The van der Waals surface area contributed by atoms with Gasteiger partial charge in [0.2, 0.25) is 0 Å². The number of aromatic nitrogens is 1. The van der Waals surface area contributed by atoms with Gasteiger partial charge in [-0.25, -0.2) is 0 Å². The summed E-state index contributed by atoms with van der Waals surface area (Å²) in [6, 6.07) is 8.36. The predicted molar refractivity (Wildman–Crippen MR) is 76.0 cm³/mol. The zero-order valence-electron chi connectivity index (χ0n) is 11.4. The van der Waals surface area contributed by atoms with Crippen molar-refractivity contribution in [3.8, 4) is 0 Å². The second kappa shape index (κ2) is 5.38. The monoisotopic (exact) mass is 243 g/mol. The molecule has 0 spiro atoms. The van der Waals surface area contributed by atoms with Crippen LogP contribution in [-0.2, 0) is 4.79 Å². The van der Waals surface area contributed by atoms with E-state index >= 15 is 0 Å². The summed E-state index contributed by atoms with van der Waals surface area (Å²) in [5.74, 6) is 0.627. The van der Waals surface area contributed by atoms with Gasteiger partial charge in [-0.15, -0.1) is 0 Å². The molecule has 0 bridgehead atoms. The van der Waals surface area contributed by atoms with Crippen molar-refractivity contribution in [2.45, 2.75) is 46.0 Å². The Morgan fingerprint density at radius 1 is 1.33 bits per heavy atom. The molecule has 18 heavy (non-hydrogen) atoms. The fourth-order valence-electron chi connectivity index (χ4n) is 2.87. The highest BCUT2D eigenvalue weighted by Crippen LogP contribution is 2.34. The van der Waals surface area contributed by atoms with Gasteiger partial charge >= 0.3 is 0 Å². The molecule has 2 nitrogen and oxygen atoms in total. The van der Waals surface area contributed by atoms with Gasteiger partial charge in [-0.2, -0.15) is 0 Å². The lowest BCUT2D eigenvalue weighted by atomic mass is 9.88. The van der Waals surface area contributed by atoms with Crippen LogP contribution in [0.25, 0.3) is 10.9 Å². The zero-order valence-corrected chi connectivity index (χ0v) is 11.4. The zero-order chi connectivity index (χ0) is 13.1. The topological polar surface area (TPSA) is 32.9 Å². The van der Waals surface area contributed by atoms with Crippen LogP contribution in [0.15, 0.2) is 24.3 Å². The fourth-order valence-corrected chi connectivity index (χ4v) is 2.87. The van der Waals surface area contributed by atoms with Gasteiger partial charge in [0.05, 0.1) is 0 Å². The molecular weight excluding hydrogens is 222 g/mol. The van der Waals surface area contributed by atoms with Crippen LogP contribution in [-0.4, -0.2) is 10.8 Å². The minimum Gasteiger partial charge on any atom is -0.358 e. The van der Waals surface area contributed by atoms with E-state index in [0.717, 1.165) is 12.8 Å². The molecule has 0 saturated heterocycles. The maximum absolute atomic E-state index is 11.5. The lowest BCUT2D eigenvalue weighted by molar-refractivity contribution is -0.117. The molecule has 96 valence electrons. The Bertz CT molecular complexity index is 553. The number of carbonyl (C=O) groups excluding carboxylic acids is 1. The molecule has 0 aliphatic carbocycles. The van der Waals surface area contributed by atoms with Gasteiger partial charge in [0.15, 0.2) is 0 Å². The number of ketones is 1. The molecule has 0 unspecified atom stereocenters. The molecule has 1 aromatic heterocycles. The number of H-pyrrole nitrogens is 1. The van der Waals surface area contributed by atoms with Crippen LogP contribution >= 0.6 is 0 Å². The maximum atomic E-state index is 11.5. The molecule has 0 amide bonds. The van der Waals surface area contributed by atoms with Gasteiger partial charge in [0, 0.05) is 23.0 Å². The summed E-state index contributed by atoms with van der Waals surface area (Å²) in [5, 5.41) is 1.27. The largest absolute Gasteiger partial charge is 0.358 e.